The van der Waals surface area contributed by atoms with Crippen molar-refractivity contribution in [3.63, 3.8) is 0 Å². The summed E-state index contributed by atoms with van der Waals surface area (Å²) in [6.07, 6.45) is 1.26. The second-order valence-electron chi connectivity index (χ2n) is 8.71. The summed E-state index contributed by atoms with van der Waals surface area (Å²) in [6, 6.07) is 12.6. The predicted molar refractivity (Wildman–Crippen MR) is 119 cm³/mol. The Hall–Kier alpha value is -2.77. The van der Waals surface area contributed by atoms with Crippen LogP contribution in [0, 0.1) is 0 Å². The first kappa shape index (κ1) is 22.9. The molecule has 4 N–H and O–H groups in total. The second-order valence-corrected chi connectivity index (χ2v) is 8.71. The Morgan fingerprint density at radius 1 is 1.26 bits per heavy atom. The van der Waals surface area contributed by atoms with Crippen molar-refractivity contribution in [1.82, 2.24) is 5.32 Å². The molecule has 31 heavy (non-hydrogen) atoms. The Morgan fingerprint density at radius 2 is 2.06 bits per heavy atom. The normalized spacial score (nSPS) is 17.6. The van der Waals surface area contributed by atoms with Gasteiger partial charge in [-0.3, -0.25) is 0 Å². The average molecular weight is 429 g/mol. The molecule has 7 heteroatoms. The lowest BCUT2D eigenvalue weighted by Gasteiger charge is -2.24. The Labute approximate surface area is 183 Å². The van der Waals surface area contributed by atoms with E-state index < -0.39 is 17.8 Å². The van der Waals surface area contributed by atoms with Crippen molar-refractivity contribution in [2.75, 3.05) is 12.3 Å². The van der Waals surface area contributed by atoms with E-state index in [9.17, 15) is 9.90 Å². The van der Waals surface area contributed by atoms with Crippen LogP contribution in [0.25, 0.3) is 0 Å². The van der Waals surface area contributed by atoms with Crippen LogP contribution in [0.5, 0.6) is 5.75 Å². The Bertz CT molecular complexity index is 888. The van der Waals surface area contributed by atoms with E-state index in [0.717, 1.165) is 24.8 Å². The first-order chi connectivity index (χ1) is 14.7. The highest BCUT2D eigenvalue weighted by molar-refractivity contribution is 5.67. The molecule has 7 nitrogen and oxygen atoms in total. The molecule has 1 fully saturated rings. The van der Waals surface area contributed by atoms with Crippen LogP contribution in [0.2, 0.25) is 0 Å². The number of nitrogens with one attached hydrogen (secondary N) is 1. The van der Waals surface area contributed by atoms with Crippen LogP contribution >= 0.6 is 0 Å². The van der Waals surface area contributed by atoms with E-state index in [-0.39, 0.29) is 12.8 Å². The molecule has 2 unspecified atom stereocenters. The van der Waals surface area contributed by atoms with Crippen LogP contribution in [-0.4, -0.2) is 29.7 Å². The molecule has 0 bridgehead atoms. The summed E-state index contributed by atoms with van der Waals surface area (Å²) in [5.74, 6) is 0.609. The van der Waals surface area contributed by atoms with Gasteiger partial charge in [-0.05, 0) is 62.9 Å². The van der Waals surface area contributed by atoms with Gasteiger partial charge in [-0.25, -0.2) is 4.79 Å². The lowest BCUT2D eigenvalue weighted by atomic mass is 9.98. The lowest BCUT2D eigenvalue weighted by molar-refractivity contribution is -0.105. The minimum Gasteiger partial charge on any atom is -0.465 e. The van der Waals surface area contributed by atoms with Crippen molar-refractivity contribution in [1.29, 1.82) is 0 Å². The number of nitrogens with two attached hydrogens (primary N) is 1. The van der Waals surface area contributed by atoms with Crippen LogP contribution in [0.1, 0.15) is 62.8 Å². The first-order valence-electron chi connectivity index (χ1n) is 10.6. The molecular weight excluding hydrogens is 396 g/mol. The van der Waals surface area contributed by atoms with Gasteiger partial charge in [-0.2, -0.15) is 0 Å². The number of rotatable bonds is 6. The number of aliphatic hydroxyl groups is 1. The van der Waals surface area contributed by atoms with Gasteiger partial charge in [0, 0.05) is 24.2 Å². The number of amides is 1. The zero-order valence-electron chi connectivity index (χ0n) is 18.4. The molecule has 2 aromatic carbocycles. The molecule has 1 aliphatic rings. The minimum absolute atomic E-state index is 0.273. The number of carbonyl (C=O) groups is 1. The number of hydrogen-bond donors (Lipinski definition) is 3. The Balaban J connectivity index is 1.69. The maximum atomic E-state index is 11.9. The number of nitrogen functional groups attached to an aromatic ring is 1. The van der Waals surface area contributed by atoms with Gasteiger partial charge >= 0.3 is 6.09 Å². The highest BCUT2D eigenvalue weighted by Crippen LogP contribution is 2.31. The smallest absolute Gasteiger partial charge is 0.407 e. The SMILES string of the molecule is CC(C)(C)OC(=O)NCc1cccc(C(O)c2cc(OC3CCCCO3)ccc2N)c1. The summed E-state index contributed by atoms with van der Waals surface area (Å²) >= 11 is 0. The second kappa shape index (κ2) is 10.0. The number of alkyl carbamates (subject to hydrolysis) is 1. The topological polar surface area (TPSA) is 103 Å². The van der Waals surface area contributed by atoms with Gasteiger partial charge in [-0.15, -0.1) is 0 Å². The molecule has 3 rings (SSSR count). The van der Waals surface area contributed by atoms with Crippen LogP contribution < -0.4 is 15.8 Å². The third kappa shape index (κ3) is 6.87. The number of hydrogen-bond acceptors (Lipinski definition) is 6. The summed E-state index contributed by atoms with van der Waals surface area (Å²) in [7, 11) is 0. The van der Waals surface area contributed by atoms with E-state index in [1.165, 1.54) is 0 Å². The molecule has 0 aliphatic carbocycles. The molecule has 1 aliphatic heterocycles. The van der Waals surface area contributed by atoms with E-state index >= 15 is 0 Å². The third-order valence-corrected chi connectivity index (χ3v) is 4.86. The number of carbonyl (C=O) groups excluding carboxylic acids is 1. The molecule has 0 saturated carbocycles. The van der Waals surface area contributed by atoms with Crippen molar-refractivity contribution in [3.05, 3.63) is 59.2 Å². The molecule has 1 saturated heterocycles. The molecule has 0 aromatic heterocycles. The molecule has 2 atom stereocenters. The maximum Gasteiger partial charge on any atom is 0.407 e. The number of aliphatic hydroxyl groups excluding tert-OH is 1. The molecule has 1 amide bonds. The van der Waals surface area contributed by atoms with Crippen molar-refractivity contribution >= 4 is 11.8 Å². The van der Waals surface area contributed by atoms with E-state index in [1.54, 1.807) is 18.2 Å². The molecular formula is C24H32N2O5. The van der Waals surface area contributed by atoms with E-state index in [2.05, 4.69) is 5.32 Å². The first-order valence-corrected chi connectivity index (χ1v) is 10.6. The maximum absolute atomic E-state index is 11.9. The lowest BCUT2D eigenvalue weighted by Crippen LogP contribution is -2.32. The molecule has 0 radical (unpaired) electrons. The predicted octanol–water partition coefficient (Wildman–Crippen LogP) is 4.28. The number of ether oxygens (including phenoxy) is 3. The highest BCUT2D eigenvalue weighted by Gasteiger charge is 2.19. The molecule has 0 spiro atoms. The van der Waals surface area contributed by atoms with E-state index in [0.29, 0.717) is 29.2 Å². The van der Waals surface area contributed by atoms with Gasteiger partial charge in [0.2, 0.25) is 0 Å². The summed E-state index contributed by atoms with van der Waals surface area (Å²) in [5, 5.41) is 13.7. The van der Waals surface area contributed by atoms with Crippen molar-refractivity contribution in [3.8, 4) is 5.75 Å². The van der Waals surface area contributed by atoms with Crippen LogP contribution in [0.3, 0.4) is 0 Å². The zero-order chi connectivity index (χ0) is 22.4. The Morgan fingerprint density at radius 3 is 2.77 bits per heavy atom. The number of benzene rings is 2. The van der Waals surface area contributed by atoms with E-state index in [1.807, 2.05) is 45.0 Å². The average Bonchev–Trinajstić information content (AvgIpc) is 2.73. The van der Waals surface area contributed by atoms with Crippen molar-refractivity contribution in [2.24, 2.45) is 0 Å². The monoisotopic (exact) mass is 428 g/mol. The van der Waals surface area contributed by atoms with Gasteiger partial charge in [-0.1, -0.05) is 24.3 Å². The molecule has 2 aromatic rings. The van der Waals surface area contributed by atoms with Gasteiger partial charge in [0.1, 0.15) is 17.5 Å². The quantitative estimate of drug-likeness (QED) is 0.594. The number of anilines is 1. The van der Waals surface area contributed by atoms with Crippen LogP contribution in [-0.2, 0) is 16.0 Å². The molecule has 1 heterocycles. The summed E-state index contributed by atoms with van der Waals surface area (Å²) in [6.45, 7) is 6.41. The van der Waals surface area contributed by atoms with E-state index in [4.69, 9.17) is 19.9 Å². The minimum atomic E-state index is -0.933. The van der Waals surface area contributed by atoms with Gasteiger partial charge in [0.25, 0.3) is 0 Å². The van der Waals surface area contributed by atoms with Crippen molar-refractivity contribution in [2.45, 2.75) is 64.6 Å². The third-order valence-electron chi connectivity index (χ3n) is 4.86. The largest absolute Gasteiger partial charge is 0.465 e. The summed E-state index contributed by atoms with van der Waals surface area (Å²) in [5.41, 5.74) is 8.11. The standard InChI is InChI=1S/C24H32N2O5/c1-24(2,3)31-23(28)26-15-16-7-6-8-17(13-16)22(27)19-14-18(10-11-20(19)25)30-21-9-4-5-12-29-21/h6-8,10-11,13-14,21-22,27H,4-5,9,12,15,25H2,1-3H3,(H,26,28). The van der Waals surface area contributed by atoms with Crippen LogP contribution in [0.15, 0.2) is 42.5 Å². The fraction of sp³-hybridized carbons (Fsp3) is 0.458. The zero-order valence-corrected chi connectivity index (χ0v) is 18.4. The summed E-state index contributed by atoms with van der Waals surface area (Å²) < 4.78 is 16.8. The Kier molecular flexibility index (Phi) is 7.41. The van der Waals surface area contributed by atoms with Crippen LogP contribution in [0.4, 0.5) is 10.5 Å². The van der Waals surface area contributed by atoms with Gasteiger partial charge in [0.15, 0.2) is 6.29 Å². The highest BCUT2D eigenvalue weighted by atomic mass is 16.7. The summed E-state index contributed by atoms with van der Waals surface area (Å²) in [4.78, 5) is 11.9. The molecule has 168 valence electrons. The fourth-order valence-electron chi connectivity index (χ4n) is 3.36. The fourth-order valence-corrected chi connectivity index (χ4v) is 3.36. The van der Waals surface area contributed by atoms with Crippen molar-refractivity contribution < 1.29 is 24.1 Å². The van der Waals surface area contributed by atoms with Gasteiger partial charge < -0.3 is 30.4 Å². The van der Waals surface area contributed by atoms with Gasteiger partial charge in [0.05, 0.1) is 6.61 Å².